The minimum absolute atomic E-state index is 0.0389. The Bertz CT molecular complexity index is 590. The van der Waals surface area contributed by atoms with Gasteiger partial charge in [0.1, 0.15) is 12.6 Å². The van der Waals surface area contributed by atoms with Gasteiger partial charge in [0.2, 0.25) is 5.91 Å². The molecule has 0 spiro atoms. The molecule has 8 heteroatoms. The van der Waals surface area contributed by atoms with Crippen molar-refractivity contribution in [2.24, 2.45) is 0 Å². The quantitative estimate of drug-likeness (QED) is 0.861. The van der Waals surface area contributed by atoms with Crippen molar-refractivity contribution in [1.29, 1.82) is 0 Å². The molecule has 126 valence electrons. The number of esters is 1. The number of cyclic esters (lactones) is 1. The molecule has 0 aliphatic carbocycles. The topological polar surface area (TPSA) is 58.6 Å². The Hall–Kier alpha value is -2.09. The summed E-state index contributed by atoms with van der Waals surface area (Å²) in [7, 11) is 0. The maximum absolute atomic E-state index is 12.6. The van der Waals surface area contributed by atoms with Crippen molar-refractivity contribution in [3.05, 3.63) is 29.8 Å². The second kappa shape index (κ2) is 6.99. The monoisotopic (exact) mass is 330 g/mol. The van der Waals surface area contributed by atoms with E-state index in [4.69, 9.17) is 4.74 Å². The lowest BCUT2D eigenvalue weighted by Crippen LogP contribution is -2.50. The molecule has 1 aliphatic heterocycles. The fourth-order valence-electron chi connectivity index (χ4n) is 2.42. The van der Waals surface area contributed by atoms with E-state index < -0.39 is 29.7 Å². The molecule has 1 atom stereocenters. The number of morpholine rings is 1. The van der Waals surface area contributed by atoms with Crippen molar-refractivity contribution in [3.63, 3.8) is 0 Å². The lowest BCUT2D eigenvalue weighted by Gasteiger charge is -2.32. The first kappa shape index (κ1) is 17.3. The van der Waals surface area contributed by atoms with Crippen LogP contribution in [0.5, 0.6) is 0 Å². The maximum atomic E-state index is 12.6. The highest BCUT2D eigenvalue weighted by Gasteiger charge is 2.33. The lowest BCUT2D eigenvalue weighted by atomic mass is 10.1. The molecule has 1 heterocycles. The molecule has 0 aromatic heterocycles. The van der Waals surface area contributed by atoms with Crippen LogP contribution in [0.3, 0.4) is 0 Å². The first-order valence-electron chi connectivity index (χ1n) is 7.19. The van der Waals surface area contributed by atoms with Gasteiger partial charge in [-0.3, -0.25) is 14.5 Å². The summed E-state index contributed by atoms with van der Waals surface area (Å²) >= 11 is 0. The number of alkyl halides is 3. The van der Waals surface area contributed by atoms with Crippen LogP contribution in [0.2, 0.25) is 0 Å². The molecule has 1 aliphatic rings. The summed E-state index contributed by atoms with van der Waals surface area (Å²) in [6.45, 7) is 3.25. The molecule has 1 fully saturated rings. The molecule has 1 N–H and O–H groups in total. The van der Waals surface area contributed by atoms with Crippen LogP contribution in [-0.4, -0.2) is 42.5 Å². The number of amides is 1. The van der Waals surface area contributed by atoms with Gasteiger partial charge in [-0.15, -0.1) is 0 Å². The van der Waals surface area contributed by atoms with Gasteiger partial charge in [0, 0.05) is 12.2 Å². The average molecular weight is 330 g/mol. The highest BCUT2D eigenvalue weighted by Crippen LogP contribution is 2.30. The Morgan fingerprint density at radius 3 is 2.83 bits per heavy atom. The number of carbonyl (C=O) groups is 2. The lowest BCUT2D eigenvalue weighted by molar-refractivity contribution is -0.158. The van der Waals surface area contributed by atoms with E-state index >= 15 is 0 Å². The van der Waals surface area contributed by atoms with Crippen molar-refractivity contribution in [2.75, 3.05) is 25.0 Å². The summed E-state index contributed by atoms with van der Waals surface area (Å²) in [6.07, 6.45) is -4.64. The van der Waals surface area contributed by atoms with Crippen LogP contribution in [0, 0.1) is 0 Å². The van der Waals surface area contributed by atoms with Crippen LogP contribution in [0.25, 0.3) is 0 Å². The van der Waals surface area contributed by atoms with Crippen LogP contribution < -0.4 is 5.32 Å². The van der Waals surface area contributed by atoms with E-state index in [1.165, 1.54) is 12.1 Å². The van der Waals surface area contributed by atoms with Crippen LogP contribution >= 0.6 is 0 Å². The number of nitrogens with one attached hydrogen (secondary N) is 1. The number of anilines is 1. The number of likely N-dealkylation sites (N-methyl/N-ethyl adjacent to an activating group) is 1. The maximum Gasteiger partial charge on any atom is 0.416 e. The molecular formula is C15H17F3N2O3. The molecule has 1 aromatic carbocycles. The fourth-order valence-corrected chi connectivity index (χ4v) is 2.42. The third-order valence-corrected chi connectivity index (χ3v) is 3.59. The third-order valence-electron chi connectivity index (χ3n) is 3.59. The van der Waals surface area contributed by atoms with Gasteiger partial charge in [0.15, 0.2) is 0 Å². The molecule has 0 saturated carbocycles. The number of rotatable bonds is 4. The Morgan fingerprint density at radius 2 is 2.17 bits per heavy atom. The number of hydrogen-bond donors (Lipinski definition) is 1. The van der Waals surface area contributed by atoms with Crippen molar-refractivity contribution in [2.45, 2.75) is 25.6 Å². The number of halogens is 3. The zero-order valence-corrected chi connectivity index (χ0v) is 12.5. The summed E-state index contributed by atoms with van der Waals surface area (Å²) in [5.74, 6) is -1.02. The van der Waals surface area contributed by atoms with Gasteiger partial charge >= 0.3 is 12.1 Å². The molecule has 1 amide bonds. The van der Waals surface area contributed by atoms with Crippen LogP contribution in [-0.2, 0) is 20.5 Å². The number of carbonyl (C=O) groups excluding carboxylic acids is 2. The summed E-state index contributed by atoms with van der Waals surface area (Å²) in [5, 5.41) is 2.39. The van der Waals surface area contributed by atoms with Gasteiger partial charge in [0.05, 0.1) is 12.0 Å². The average Bonchev–Trinajstić information content (AvgIpc) is 2.48. The molecular weight excluding hydrogens is 313 g/mol. The van der Waals surface area contributed by atoms with E-state index in [-0.39, 0.29) is 18.7 Å². The van der Waals surface area contributed by atoms with E-state index in [2.05, 4.69) is 5.32 Å². The van der Waals surface area contributed by atoms with Crippen molar-refractivity contribution in [1.82, 2.24) is 4.90 Å². The smallest absolute Gasteiger partial charge is 0.416 e. The molecule has 0 bridgehead atoms. The normalized spacial score (nSPS) is 19.3. The van der Waals surface area contributed by atoms with E-state index in [1.54, 1.807) is 4.90 Å². The van der Waals surface area contributed by atoms with Crippen LogP contribution in [0.15, 0.2) is 24.3 Å². The predicted molar refractivity (Wildman–Crippen MR) is 76.7 cm³/mol. The highest BCUT2D eigenvalue weighted by atomic mass is 19.4. The minimum atomic E-state index is -4.48. The fraction of sp³-hybridized carbons (Fsp3) is 0.467. The molecule has 1 saturated heterocycles. The van der Waals surface area contributed by atoms with E-state index in [0.717, 1.165) is 12.1 Å². The molecule has 1 aromatic rings. The zero-order valence-electron chi connectivity index (χ0n) is 12.5. The SMILES string of the molecule is CCN1CCOC(=O)[C@@H]1CC(=O)Nc1cccc(C(F)(F)F)c1. The number of hydrogen-bond acceptors (Lipinski definition) is 4. The van der Waals surface area contributed by atoms with Crippen LogP contribution in [0.4, 0.5) is 18.9 Å². The van der Waals surface area contributed by atoms with Gasteiger partial charge in [-0.25, -0.2) is 0 Å². The van der Waals surface area contributed by atoms with Crippen molar-refractivity contribution >= 4 is 17.6 Å². The standard InChI is InChI=1S/C15H17F3N2O3/c1-2-20-6-7-23-14(22)12(20)9-13(21)19-11-5-3-4-10(8-11)15(16,17)18/h3-5,8,12H,2,6-7,9H2,1H3,(H,19,21)/t12-/m0/s1. The molecule has 23 heavy (non-hydrogen) atoms. The molecule has 0 unspecified atom stereocenters. The Morgan fingerprint density at radius 1 is 1.43 bits per heavy atom. The van der Waals surface area contributed by atoms with E-state index in [1.807, 2.05) is 6.92 Å². The summed E-state index contributed by atoms with van der Waals surface area (Å²) < 4.78 is 42.9. The van der Waals surface area contributed by atoms with Crippen molar-refractivity contribution < 1.29 is 27.5 Å². The van der Waals surface area contributed by atoms with Gasteiger partial charge in [-0.1, -0.05) is 13.0 Å². The van der Waals surface area contributed by atoms with Gasteiger partial charge in [0.25, 0.3) is 0 Å². The second-order valence-electron chi connectivity index (χ2n) is 5.14. The third kappa shape index (κ3) is 4.44. The van der Waals surface area contributed by atoms with Gasteiger partial charge in [-0.05, 0) is 24.7 Å². The van der Waals surface area contributed by atoms with E-state index in [0.29, 0.717) is 13.1 Å². The Kier molecular flexibility index (Phi) is 5.25. The number of nitrogens with zero attached hydrogens (tertiary/aromatic N) is 1. The zero-order chi connectivity index (χ0) is 17.0. The second-order valence-corrected chi connectivity index (χ2v) is 5.14. The van der Waals surface area contributed by atoms with Gasteiger partial charge in [-0.2, -0.15) is 13.2 Å². The Labute approximate surface area is 131 Å². The summed E-state index contributed by atoms with van der Waals surface area (Å²) in [5.41, 5.74) is -0.806. The Balaban J connectivity index is 2.03. The van der Waals surface area contributed by atoms with Crippen LogP contribution in [0.1, 0.15) is 18.9 Å². The minimum Gasteiger partial charge on any atom is -0.463 e. The molecule has 5 nitrogen and oxygen atoms in total. The van der Waals surface area contributed by atoms with E-state index in [9.17, 15) is 22.8 Å². The predicted octanol–water partition coefficient (Wildman–Crippen LogP) is 2.28. The summed E-state index contributed by atoms with van der Waals surface area (Å²) in [6, 6.07) is 3.65. The summed E-state index contributed by atoms with van der Waals surface area (Å²) in [4.78, 5) is 25.6. The first-order valence-corrected chi connectivity index (χ1v) is 7.19. The first-order chi connectivity index (χ1) is 10.8. The number of ether oxygens (including phenoxy) is 1. The molecule has 0 radical (unpaired) electrons. The number of benzene rings is 1. The van der Waals surface area contributed by atoms with Gasteiger partial charge < -0.3 is 10.1 Å². The highest BCUT2D eigenvalue weighted by molar-refractivity contribution is 5.94. The largest absolute Gasteiger partial charge is 0.463 e. The van der Waals surface area contributed by atoms with Crippen molar-refractivity contribution in [3.8, 4) is 0 Å². The molecule has 2 rings (SSSR count).